The molecule has 0 fully saturated rings. The van der Waals surface area contributed by atoms with Crippen molar-refractivity contribution in [3.8, 4) is 11.1 Å². The number of fused-ring (bicyclic) bond motifs is 3. The summed E-state index contributed by atoms with van der Waals surface area (Å²) in [5.41, 5.74) is 4.32. The summed E-state index contributed by atoms with van der Waals surface area (Å²) >= 11 is 0. The van der Waals surface area contributed by atoms with Crippen molar-refractivity contribution in [1.29, 1.82) is 0 Å². The van der Waals surface area contributed by atoms with E-state index in [4.69, 9.17) is 4.74 Å². The topological polar surface area (TPSA) is 123 Å². The van der Waals surface area contributed by atoms with Crippen LogP contribution in [0.1, 0.15) is 53.6 Å². The van der Waals surface area contributed by atoms with Crippen LogP contribution in [0.5, 0.6) is 0 Å². The second-order valence-electron chi connectivity index (χ2n) is 8.52. The number of nitrogens with zero attached hydrogens (tertiary/aromatic N) is 2. The van der Waals surface area contributed by atoms with E-state index in [-0.39, 0.29) is 23.9 Å². The van der Waals surface area contributed by atoms with Gasteiger partial charge in [0.1, 0.15) is 18.2 Å². The Hall–Kier alpha value is -4.14. The molecule has 9 heteroatoms. The zero-order valence-electron chi connectivity index (χ0n) is 19.7. The van der Waals surface area contributed by atoms with Crippen molar-refractivity contribution in [3.63, 3.8) is 0 Å². The van der Waals surface area contributed by atoms with Crippen molar-refractivity contribution in [1.82, 2.24) is 15.1 Å². The fraction of sp³-hybridized carbons (Fsp3) is 0.308. The van der Waals surface area contributed by atoms with E-state index in [9.17, 15) is 19.5 Å². The first kappa shape index (κ1) is 24.0. The minimum absolute atomic E-state index is 0.0687. The number of carbonyl (C=O) groups excluding carboxylic acids is 2. The van der Waals surface area contributed by atoms with Gasteiger partial charge in [-0.2, -0.15) is 5.10 Å². The fourth-order valence-corrected chi connectivity index (χ4v) is 4.40. The van der Waals surface area contributed by atoms with E-state index < -0.39 is 24.0 Å². The van der Waals surface area contributed by atoms with Gasteiger partial charge in [-0.3, -0.25) is 9.48 Å². The molecule has 0 bridgehead atoms. The number of alkyl carbamates (subject to hydrolysis) is 1. The first-order valence-electron chi connectivity index (χ1n) is 11.6. The number of ether oxygens (including phenoxy) is 1. The summed E-state index contributed by atoms with van der Waals surface area (Å²) in [6, 6.07) is 15.2. The number of carboxylic acids is 1. The van der Waals surface area contributed by atoms with Gasteiger partial charge in [-0.05, 0) is 28.7 Å². The molecule has 0 aliphatic heterocycles. The highest BCUT2D eigenvalue weighted by Crippen LogP contribution is 2.44. The lowest BCUT2D eigenvalue weighted by Gasteiger charge is -2.19. The summed E-state index contributed by atoms with van der Waals surface area (Å²) in [4.78, 5) is 37.0. The summed E-state index contributed by atoms with van der Waals surface area (Å²) in [5.74, 6) is -1.92. The number of aromatic carboxylic acids is 1. The molecule has 1 heterocycles. The van der Waals surface area contributed by atoms with Crippen LogP contribution in [-0.4, -0.2) is 45.5 Å². The number of amides is 2. The van der Waals surface area contributed by atoms with Gasteiger partial charge in [0.05, 0.1) is 0 Å². The van der Waals surface area contributed by atoms with Crippen molar-refractivity contribution in [2.24, 2.45) is 7.05 Å². The van der Waals surface area contributed by atoms with E-state index in [1.54, 1.807) is 7.05 Å². The van der Waals surface area contributed by atoms with Gasteiger partial charge in [-0.25, -0.2) is 9.59 Å². The Balaban J connectivity index is 1.43. The quantitative estimate of drug-likeness (QED) is 0.426. The number of benzene rings is 2. The Labute approximate surface area is 203 Å². The predicted molar refractivity (Wildman–Crippen MR) is 130 cm³/mol. The van der Waals surface area contributed by atoms with Crippen LogP contribution in [0.3, 0.4) is 0 Å². The number of aromatic nitrogens is 2. The molecular formula is C26H28N4O5. The standard InChI is InChI=1S/C26H28N4O5/c1-3-4-13-22(24(31)28-23-20(25(32)33)14-30(2)29-23)27-26(34)35-15-21-18-11-7-5-9-16(18)17-10-6-8-12-19(17)21/h5-12,14,21-22H,3-4,13,15H2,1-2H3,(H,27,34)(H,32,33)(H,28,29,31)/t22-/m0/s1. The van der Waals surface area contributed by atoms with E-state index in [0.29, 0.717) is 12.8 Å². The molecule has 0 saturated heterocycles. The molecule has 1 aliphatic rings. The molecule has 1 aromatic heterocycles. The first-order valence-corrected chi connectivity index (χ1v) is 11.6. The largest absolute Gasteiger partial charge is 0.477 e. The highest BCUT2D eigenvalue weighted by Gasteiger charge is 2.30. The number of unbranched alkanes of at least 4 members (excludes halogenated alkanes) is 1. The maximum absolute atomic E-state index is 12.9. The molecular weight excluding hydrogens is 448 g/mol. The lowest BCUT2D eigenvalue weighted by molar-refractivity contribution is -0.118. The number of rotatable bonds is 9. The van der Waals surface area contributed by atoms with Crippen LogP contribution < -0.4 is 10.6 Å². The van der Waals surface area contributed by atoms with Crippen LogP contribution in [0.2, 0.25) is 0 Å². The van der Waals surface area contributed by atoms with Crippen LogP contribution in [-0.2, 0) is 16.6 Å². The van der Waals surface area contributed by atoms with E-state index in [1.807, 2.05) is 43.3 Å². The molecule has 0 spiro atoms. The Bertz CT molecular complexity index is 1210. The Morgan fingerprint density at radius 1 is 1.09 bits per heavy atom. The molecule has 0 saturated carbocycles. The third kappa shape index (κ3) is 5.18. The van der Waals surface area contributed by atoms with Crippen LogP contribution >= 0.6 is 0 Å². The maximum Gasteiger partial charge on any atom is 0.407 e. The molecule has 4 rings (SSSR count). The molecule has 1 atom stereocenters. The van der Waals surface area contributed by atoms with Crippen LogP contribution in [0.4, 0.5) is 10.6 Å². The van der Waals surface area contributed by atoms with Crippen molar-refractivity contribution in [3.05, 3.63) is 71.4 Å². The number of carboxylic acid groups (broad SMARTS) is 1. The molecule has 1 aliphatic carbocycles. The number of anilines is 1. The fourth-order valence-electron chi connectivity index (χ4n) is 4.40. The number of nitrogens with one attached hydrogen (secondary N) is 2. The van der Waals surface area contributed by atoms with E-state index in [1.165, 1.54) is 10.9 Å². The summed E-state index contributed by atoms with van der Waals surface area (Å²) < 4.78 is 6.88. The van der Waals surface area contributed by atoms with Crippen molar-refractivity contribution < 1.29 is 24.2 Å². The predicted octanol–water partition coefficient (Wildman–Crippen LogP) is 4.15. The van der Waals surface area contributed by atoms with Gasteiger partial charge >= 0.3 is 12.1 Å². The number of hydrogen-bond acceptors (Lipinski definition) is 5. The highest BCUT2D eigenvalue weighted by molar-refractivity contribution is 6.01. The first-order chi connectivity index (χ1) is 16.9. The normalized spacial score (nSPS) is 13.0. The second-order valence-corrected chi connectivity index (χ2v) is 8.52. The van der Waals surface area contributed by atoms with Gasteiger partial charge in [0, 0.05) is 19.2 Å². The van der Waals surface area contributed by atoms with E-state index in [0.717, 1.165) is 28.7 Å². The molecule has 0 radical (unpaired) electrons. The highest BCUT2D eigenvalue weighted by atomic mass is 16.5. The van der Waals surface area contributed by atoms with Gasteiger partial charge < -0.3 is 20.5 Å². The molecule has 2 amide bonds. The number of carbonyl (C=O) groups is 3. The summed E-state index contributed by atoms with van der Waals surface area (Å²) in [6.45, 7) is 2.11. The Morgan fingerprint density at radius 2 is 1.71 bits per heavy atom. The molecule has 3 aromatic rings. The molecule has 3 N–H and O–H groups in total. The molecule has 182 valence electrons. The van der Waals surface area contributed by atoms with Gasteiger partial charge in [0.2, 0.25) is 5.91 Å². The Morgan fingerprint density at radius 3 is 2.31 bits per heavy atom. The van der Waals surface area contributed by atoms with Crippen molar-refractivity contribution in [2.45, 2.75) is 38.1 Å². The third-order valence-electron chi connectivity index (χ3n) is 6.10. The van der Waals surface area contributed by atoms with Gasteiger partial charge in [-0.1, -0.05) is 68.3 Å². The monoisotopic (exact) mass is 476 g/mol. The number of aryl methyl sites for hydroxylation is 1. The molecule has 0 unspecified atom stereocenters. The smallest absolute Gasteiger partial charge is 0.407 e. The molecule has 2 aromatic carbocycles. The van der Waals surface area contributed by atoms with Crippen molar-refractivity contribution in [2.75, 3.05) is 11.9 Å². The maximum atomic E-state index is 12.9. The zero-order chi connectivity index (χ0) is 24.9. The third-order valence-corrected chi connectivity index (χ3v) is 6.10. The van der Waals surface area contributed by atoms with Gasteiger partial charge in [-0.15, -0.1) is 0 Å². The van der Waals surface area contributed by atoms with Crippen LogP contribution in [0.15, 0.2) is 54.7 Å². The number of hydrogen-bond donors (Lipinski definition) is 3. The zero-order valence-corrected chi connectivity index (χ0v) is 19.7. The average molecular weight is 477 g/mol. The van der Waals surface area contributed by atoms with Gasteiger partial charge in [0.15, 0.2) is 5.82 Å². The minimum Gasteiger partial charge on any atom is -0.477 e. The Kier molecular flexibility index (Phi) is 7.14. The van der Waals surface area contributed by atoms with Crippen LogP contribution in [0.25, 0.3) is 11.1 Å². The lowest BCUT2D eigenvalue weighted by atomic mass is 9.98. The summed E-state index contributed by atoms with van der Waals surface area (Å²) in [5, 5.41) is 18.5. The summed E-state index contributed by atoms with van der Waals surface area (Å²) in [7, 11) is 1.56. The lowest BCUT2D eigenvalue weighted by Crippen LogP contribution is -2.44. The van der Waals surface area contributed by atoms with Crippen molar-refractivity contribution >= 4 is 23.8 Å². The summed E-state index contributed by atoms with van der Waals surface area (Å²) in [6.07, 6.45) is 2.48. The van der Waals surface area contributed by atoms with Crippen LogP contribution in [0, 0.1) is 0 Å². The SMILES string of the molecule is CCCC[C@H](NC(=O)OCC1c2ccccc2-c2ccccc21)C(=O)Nc1nn(C)cc1C(=O)O. The van der Waals surface area contributed by atoms with E-state index in [2.05, 4.69) is 27.9 Å². The molecule has 9 nitrogen and oxygen atoms in total. The molecule has 35 heavy (non-hydrogen) atoms. The van der Waals surface area contributed by atoms with Gasteiger partial charge in [0.25, 0.3) is 0 Å². The average Bonchev–Trinajstić information content (AvgIpc) is 3.37. The minimum atomic E-state index is -1.21. The van der Waals surface area contributed by atoms with E-state index >= 15 is 0 Å². The second kappa shape index (κ2) is 10.4.